The van der Waals surface area contributed by atoms with Crippen molar-refractivity contribution in [2.45, 2.75) is 26.3 Å². The van der Waals surface area contributed by atoms with Gasteiger partial charge in [0.2, 0.25) is 5.91 Å². The third kappa shape index (κ3) is 5.48. The van der Waals surface area contributed by atoms with Gasteiger partial charge in [0.1, 0.15) is 0 Å². The summed E-state index contributed by atoms with van der Waals surface area (Å²) in [7, 11) is 2.00. The molecular formula is C17H27N3O. The van der Waals surface area contributed by atoms with E-state index in [9.17, 15) is 4.79 Å². The molecule has 4 nitrogen and oxygen atoms in total. The Labute approximate surface area is 127 Å². The van der Waals surface area contributed by atoms with E-state index in [0.29, 0.717) is 13.1 Å². The highest BCUT2D eigenvalue weighted by Crippen LogP contribution is 2.15. The maximum atomic E-state index is 12.0. The first kappa shape index (κ1) is 16.0. The number of benzene rings is 1. The monoisotopic (exact) mass is 289 g/mol. The van der Waals surface area contributed by atoms with Gasteiger partial charge in [-0.2, -0.15) is 0 Å². The van der Waals surface area contributed by atoms with Gasteiger partial charge in [-0.15, -0.1) is 0 Å². The van der Waals surface area contributed by atoms with E-state index in [1.54, 1.807) is 0 Å². The van der Waals surface area contributed by atoms with Gasteiger partial charge in [0.25, 0.3) is 0 Å². The minimum absolute atomic E-state index is 0.127. The van der Waals surface area contributed by atoms with Crippen LogP contribution in [-0.4, -0.2) is 44.0 Å². The van der Waals surface area contributed by atoms with Crippen LogP contribution in [-0.2, 0) is 11.3 Å². The van der Waals surface area contributed by atoms with Gasteiger partial charge >= 0.3 is 0 Å². The second-order valence-electron chi connectivity index (χ2n) is 6.04. The van der Waals surface area contributed by atoms with Crippen LogP contribution in [0.15, 0.2) is 24.3 Å². The fourth-order valence-electron chi connectivity index (χ4n) is 2.80. The molecule has 0 atom stereocenters. The lowest BCUT2D eigenvalue weighted by Crippen LogP contribution is -2.42. The van der Waals surface area contributed by atoms with Crippen LogP contribution in [0.5, 0.6) is 0 Å². The Morgan fingerprint density at radius 2 is 1.90 bits per heavy atom. The summed E-state index contributed by atoms with van der Waals surface area (Å²) in [5.41, 5.74) is 2.40. The van der Waals surface area contributed by atoms with E-state index < -0.39 is 0 Å². The van der Waals surface area contributed by atoms with Gasteiger partial charge < -0.3 is 10.6 Å². The third-order valence-electron chi connectivity index (χ3n) is 4.18. The Morgan fingerprint density at radius 3 is 2.52 bits per heavy atom. The Hall–Kier alpha value is -1.39. The van der Waals surface area contributed by atoms with Gasteiger partial charge in [0.15, 0.2) is 0 Å². The molecule has 0 aliphatic carbocycles. The van der Waals surface area contributed by atoms with Gasteiger partial charge in [0, 0.05) is 6.54 Å². The molecular weight excluding hydrogens is 262 g/mol. The number of hydrogen-bond acceptors (Lipinski definition) is 3. The average molecular weight is 289 g/mol. The fourth-order valence-corrected chi connectivity index (χ4v) is 2.80. The molecule has 1 heterocycles. The lowest BCUT2D eigenvalue weighted by molar-refractivity contribution is -0.122. The van der Waals surface area contributed by atoms with Crippen molar-refractivity contribution in [2.75, 3.05) is 33.2 Å². The SMILES string of the molecule is CNCC1CCN(CC(=O)NCc2ccc(C)cc2)CC1. The highest BCUT2D eigenvalue weighted by Gasteiger charge is 2.20. The fraction of sp³-hybridized carbons (Fsp3) is 0.588. The van der Waals surface area contributed by atoms with E-state index in [0.717, 1.165) is 31.1 Å². The van der Waals surface area contributed by atoms with Gasteiger partial charge in [-0.25, -0.2) is 0 Å². The van der Waals surface area contributed by atoms with E-state index in [1.807, 2.05) is 7.05 Å². The summed E-state index contributed by atoms with van der Waals surface area (Å²) >= 11 is 0. The quantitative estimate of drug-likeness (QED) is 0.835. The topological polar surface area (TPSA) is 44.4 Å². The average Bonchev–Trinajstić information content (AvgIpc) is 2.49. The van der Waals surface area contributed by atoms with Crippen LogP contribution in [0.25, 0.3) is 0 Å². The minimum atomic E-state index is 0.127. The Bertz CT molecular complexity index is 436. The lowest BCUT2D eigenvalue weighted by Gasteiger charge is -2.31. The van der Waals surface area contributed by atoms with Crippen LogP contribution in [0, 0.1) is 12.8 Å². The zero-order valence-corrected chi connectivity index (χ0v) is 13.2. The number of nitrogens with zero attached hydrogens (tertiary/aromatic N) is 1. The predicted octanol–water partition coefficient (Wildman–Crippen LogP) is 1.54. The standard InChI is InChI=1S/C17H27N3O/c1-14-3-5-15(6-4-14)12-19-17(21)13-20-9-7-16(8-10-20)11-18-2/h3-6,16,18H,7-13H2,1-2H3,(H,19,21). The minimum Gasteiger partial charge on any atom is -0.351 e. The molecule has 0 spiro atoms. The molecule has 2 rings (SSSR count). The van der Waals surface area contributed by atoms with Crippen LogP contribution >= 0.6 is 0 Å². The lowest BCUT2D eigenvalue weighted by atomic mass is 9.97. The summed E-state index contributed by atoms with van der Waals surface area (Å²) in [5, 5.41) is 6.25. The van der Waals surface area contributed by atoms with E-state index in [1.165, 1.54) is 18.4 Å². The Balaban J connectivity index is 1.67. The number of carbonyl (C=O) groups is 1. The number of likely N-dealkylation sites (tertiary alicyclic amines) is 1. The number of nitrogens with one attached hydrogen (secondary N) is 2. The molecule has 0 bridgehead atoms. The number of hydrogen-bond donors (Lipinski definition) is 2. The predicted molar refractivity (Wildman–Crippen MR) is 86.1 cm³/mol. The molecule has 0 aromatic heterocycles. The molecule has 1 saturated heterocycles. The number of piperidine rings is 1. The van der Waals surface area contributed by atoms with Crippen LogP contribution in [0.1, 0.15) is 24.0 Å². The van der Waals surface area contributed by atoms with Gasteiger partial charge in [-0.3, -0.25) is 9.69 Å². The number of aryl methyl sites for hydroxylation is 1. The summed E-state index contributed by atoms with van der Waals surface area (Å²) in [5.74, 6) is 0.893. The van der Waals surface area contributed by atoms with Crippen molar-refractivity contribution in [3.05, 3.63) is 35.4 Å². The summed E-state index contributed by atoms with van der Waals surface area (Å²) < 4.78 is 0. The van der Waals surface area contributed by atoms with Crippen molar-refractivity contribution >= 4 is 5.91 Å². The summed E-state index contributed by atoms with van der Waals surface area (Å²) in [4.78, 5) is 14.3. The van der Waals surface area contributed by atoms with E-state index >= 15 is 0 Å². The molecule has 0 unspecified atom stereocenters. The maximum Gasteiger partial charge on any atom is 0.234 e. The van der Waals surface area contributed by atoms with Crippen molar-refractivity contribution in [3.63, 3.8) is 0 Å². The summed E-state index contributed by atoms with van der Waals surface area (Å²) in [6, 6.07) is 8.29. The molecule has 1 fully saturated rings. The highest BCUT2D eigenvalue weighted by atomic mass is 16.2. The normalized spacial score (nSPS) is 16.9. The van der Waals surface area contributed by atoms with Crippen molar-refractivity contribution in [1.82, 2.24) is 15.5 Å². The molecule has 21 heavy (non-hydrogen) atoms. The van der Waals surface area contributed by atoms with Crippen LogP contribution in [0.4, 0.5) is 0 Å². The van der Waals surface area contributed by atoms with Crippen LogP contribution in [0.2, 0.25) is 0 Å². The van der Waals surface area contributed by atoms with Gasteiger partial charge in [0.05, 0.1) is 6.54 Å². The molecule has 2 N–H and O–H groups in total. The zero-order valence-electron chi connectivity index (χ0n) is 13.2. The first-order valence-corrected chi connectivity index (χ1v) is 7.86. The number of amides is 1. The Kier molecular flexibility index (Phi) is 6.21. The molecule has 0 radical (unpaired) electrons. The van der Waals surface area contributed by atoms with Gasteiger partial charge in [-0.1, -0.05) is 29.8 Å². The second-order valence-corrected chi connectivity index (χ2v) is 6.04. The summed E-state index contributed by atoms with van der Waals surface area (Å²) in [6.07, 6.45) is 2.37. The smallest absolute Gasteiger partial charge is 0.234 e. The van der Waals surface area contributed by atoms with Gasteiger partial charge in [-0.05, 0) is 57.9 Å². The van der Waals surface area contributed by atoms with Crippen LogP contribution < -0.4 is 10.6 Å². The molecule has 0 saturated carbocycles. The highest BCUT2D eigenvalue weighted by molar-refractivity contribution is 5.78. The van der Waals surface area contributed by atoms with Crippen molar-refractivity contribution in [1.29, 1.82) is 0 Å². The molecule has 4 heteroatoms. The molecule has 1 aliphatic rings. The number of rotatable bonds is 6. The number of carbonyl (C=O) groups excluding carboxylic acids is 1. The second kappa shape index (κ2) is 8.15. The first-order chi connectivity index (χ1) is 10.2. The molecule has 116 valence electrons. The Morgan fingerprint density at radius 1 is 1.24 bits per heavy atom. The molecule has 1 aromatic carbocycles. The van der Waals surface area contributed by atoms with Crippen molar-refractivity contribution in [3.8, 4) is 0 Å². The third-order valence-corrected chi connectivity index (χ3v) is 4.18. The molecule has 1 amide bonds. The maximum absolute atomic E-state index is 12.0. The summed E-state index contributed by atoms with van der Waals surface area (Å²) in [6.45, 7) is 6.37. The van der Waals surface area contributed by atoms with Crippen molar-refractivity contribution < 1.29 is 4.79 Å². The zero-order chi connectivity index (χ0) is 15.1. The molecule has 1 aromatic rings. The largest absolute Gasteiger partial charge is 0.351 e. The van der Waals surface area contributed by atoms with Crippen LogP contribution in [0.3, 0.4) is 0 Å². The van der Waals surface area contributed by atoms with E-state index in [2.05, 4.69) is 46.7 Å². The first-order valence-electron chi connectivity index (χ1n) is 7.86. The van der Waals surface area contributed by atoms with E-state index in [4.69, 9.17) is 0 Å². The molecule has 1 aliphatic heterocycles. The van der Waals surface area contributed by atoms with Crippen molar-refractivity contribution in [2.24, 2.45) is 5.92 Å². The van der Waals surface area contributed by atoms with E-state index in [-0.39, 0.29) is 5.91 Å².